The number of aromatic nitrogens is 1. The first-order valence-corrected chi connectivity index (χ1v) is 13.3. The van der Waals surface area contributed by atoms with Crippen LogP contribution < -0.4 is 16.0 Å². The summed E-state index contributed by atoms with van der Waals surface area (Å²) in [4.78, 5) is 0. The summed E-state index contributed by atoms with van der Waals surface area (Å²) in [6.07, 6.45) is 0. The van der Waals surface area contributed by atoms with E-state index in [2.05, 4.69) is 128 Å². The Hall–Kier alpha value is -2.93. The number of benzene rings is 4. The van der Waals surface area contributed by atoms with Gasteiger partial charge in [0.2, 0.25) is 0 Å². The molecular weight excluding hydrogens is 413 g/mol. The van der Waals surface area contributed by atoms with Gasteiger partial charge in [0.05, 0.1) is 11.5 Å². The van der Waals surface area contributed by atoms with E-state index in [1.807, 2.05) is 0 Å². The van der Waals surface area contributed by atoms with Gasteiger partial charge < -0.3 is 4.57 Å². The minimum Gasteiger partial charge on any atom is -0.342 e. The lowest BCUT2D eigenvalue weighted by Crippen LogP contribution is -2.29. The van der Waals surface area contributed by atoms with Crippen LogP contribution in [0.2, 0.25) is 0 Å². The third-order valence-corrected chi connectivity index (χ3v) is 10.9. The van der Waals surface area contributed by atoms with Gasteiger partial charge in [-0.1, -0.05) is 114 Å². The van der Waals surface area contributed by atoms with Gasteiger partial charge in [-0.05, 0) is 35.2 Å². The molecule has 0 amide bonds. The molecule has 0 aliphatic rings. The maximum absolute atomic E-state index is 6.74. The predicted molar refractivity (Wildman–Crippen MR) is 139 cm³/mol. The average molecular weight is 438 g/mol. The molecule has 0 bridgehead atoms. The van der Waals surface area contributed by atoms with Crippen LogP contribution >= 0.6 is 6.04 Å². The van der Waals surface area contributed by atoms with E-state index in [1.54, 1.807) is 0 Å². The van der Waals surface area contributed by atoms with Crippen LogP contribution in [0.1, 0.15) is 5.56 Å². The molecule has 5 rings (SSSR count). The monoisotopic (exact) mass is 437 g/mol. The molecule has 4 aromatic carbocycles. The van der Waals surface area contributed by atoms with E-state index >= 15 is 0 Å². The summed E-state index contributed by atoms with van der Waals surface area (Å²) in [5, 5.41) is 3.71. The minimum absolute atomic E-state index is 1.22. The van der Waals surface area contributed by atoms with E-state index in [0.717, 1.165) is 0 Å². The number of fused-ring (bicyclic) bond motifs is 1. The Balaban J connectivity index is 1.97. The molecular formula is C28H24NPS. The summed E-state index contributed by atoms with van der Waals surface area (Å²) < 4.78 is 2.35. The Bertz CT molecular complexity index is 1360. The molecule has 0 atom stereocenters. The Kier molecular flexibility index (Phi) is 5.14. The van der Waals surface area contributed by atoms with Crippen molar-refractivity contribution >= 4 is 44.8 Å². The zero-order chi connectivity index (χ0) is 21.4. The third-order valence-electron chi connectivity index (χ3n) is 5.92. The van der Waals surface area contributed by atoms with Crippen molar-refractivity contribution in [3.8, 4) is 11.1 Å². The van der Waals surface area contributed by atoms with Gasteiger partial charge in [-0.15, -0.1) is 0 Å². The van der Waals surface area contributed by atoms with Gasteiger partial charge in [-0.25, -0.2) is 0 Å². The molecule has 1 heterocycles. The number of rotatable bonds is 4. The largest absolute Gasteiger partial charge is 0.342 e. The van der Waals surface area contributed by atoms with E-state index in [-0.39, 0.29) is 0 Å². The topological polar surface area (TPSA) is 4.93 Å². The second kappa shape index (κ2) is 7.96. The standard InChI is InChI=1S/C28H24NPS/c1-21-18-19-26-25(20-21)27(22-12-6-3-7-13-22)28(29(26)2)30(31,23-14-8-4-9-15-23)24-16-10-5-11-17-24/h3-20H,1-2H3. The quantitative estimate of drug-likeness (QED) is 0.317. The van der Waals surface area contributed by atoms with Gasteiger partial charge in [-0.3, -0.25) is 0 Å². The summed E-state index contributed by atoms with van der Waals surface area (Å²) in [5.74, 6) is 0. The summed E-state index contributed by atoms with van der Waals surface area (Å²) in [6.45, 7) is 2.16. The van der Waals surface area contributed by atoms with Crippen molar-refractivity contribution in [3.05, 3.63) is 115 Å². The Morgan fingerprint density at radius 1 is 0.677 bits per heavy atom. The van der Waals surface area contributed by atoms with Crippen LogP contribution in [0.5, 0.6) is 0 Å². The smallest absolute Gasteiger partial charge is 0.0684 e. The van der Waals surface area contributed by atoms with Crippen LogP contribution in [-0.4, -0.2) is 4.57 Å². The van der Waals surface area contributed by atoms with Crippen LogP contribution in [0, 0.1) is 6.92 Å². The fraction of sp³-hybridized carbons (Fsp3) is 0.0714. The molecule has 0 radical (unpaired) electrons. The molecule has 0 aliphatic heterocycles. The van der Waals surface area contributed by atoms with Crippen molar-refractivity contribution in [1.29, 1.82) is 0 Å². The molecule has 0 N–H and O–H groups in total. The highest BCUT2D eigenvalue weighted by Crippen LogP contribution is 2.48. The highest BCUT2D eigenvalue weighted by molar-refractivity contribution is 8.25. The molecule has 0 unspecified atom stereocenters. The number of nitrogens with zero attached hydrogens (tertiary/aromatic N) is 1. The molecule has 152 valence electrons. The van der Waals surface area contributed by atoms with Crippen molar-refractivity contribution in [2.75, 3.05) is 0 Å². The highest BCUT2D eigenvalue weighted by Gasteiger charge is 2.32. The fourth-order valence-electron chi connectivity index (χ4n) is 4.47. The molecule has 0 spiro atoms. The third kappa shape index (κ3) is 3.28. The molecule has 5 aromatic rings. The normalized spacial score (nSPS) is 11.7. The summed E-state index contributed by atoms with van der Waals surface area (Å²) >= 11 is 6.74. The first-order chi connectivity index (χ1) is 15.1. The predicted octanol–water partition coefficient (Wildman–Crippen LogP) is 5.91. The summed E-state index contributed by atoms with van der Waals surface area (Å²) in [5.41, 5.74) is 6.20. The Morgan fingerprint density at radius 2 is 1.19 bits per heavy atom. The Labute approximate surface area is 189 Å². The van der Waals surface area contributed by atoms with Crippen molar-refractivity contribution in [3.63, 3.8) is 0 Å². The van der Waals surface area contributed by atoms with Gasteiger partial charge in [-0.2, -0.15) is 0 Å². The maximum atomic E-state index is 6.74. The zero-order valence-electron chi connectivity index (χ0n) is 17.7. The average Bonchev–Trinajstić information content (AvgIpc) is 3.12. The first-order valence-electron chi connectivity index (χ1n) is 10.5. The van der Waals surface area contributed by atoms with Crippen LogP contribution in [0.15, 0.2) is 109 Å². The summed E-state index contributed by atoms with van der Waals surface area (Å²) in [6, 6.07) is 36.5. The van der Waals surface area contributed by atoms with Crippen molar-refractivity contribution < 1.29 is 0 Å². The van der Waals surface area contributed by atoms with E-state index in [0.29, 0.717) is 0 Å². The second-order valence-corrected chi connectivity index (χ2v) is 12.2. The molecule has 0 saturated heterocycles. The minimum atomic E-state index is -2.31. The second-order valence-electron chi connectivity index (χ2n) is 7.92. The van der Waals surface area contributed by atoms with E-state index < -0.39 is 6.04 Å². The van der Waals surface area contributed by atoms with Crippen LogP contribution in [0.3, 0.4) is 0 Å². The van der Waals surface area contributed by atoms with Gasteiger partial charge in [0, 0.05) is 23.5 Å². The van der Waals surface area contributed by atoms with Crippen LogP contribution in [-0.2, 0) is 18.9 Å². The maximum Gasteiger partial charge on any atom is 0.0684 e. The van der Waals surface area contributed by atoms with Gasteiger partial charge in [0.25, 0.3) is 0 Å². The molecule has 1 aromatic heterocycles. The zero-order valence-corrected chi connectivity index (χ0v) is 19.4. The van der Waals surface area contributed by atoms with Crippen molar-refractivity contribution in [2.45, 2.75) is 6.92 Å². The number of aryl methyl sites for hydroxylation is 2. The molecule has 1 nitrogen and oxygen atoms in total. The van der Waals surface area contributed by atoms with E-state index in [4.69, 9.17) is 11.8 Å². The summed E-state index contributed by atoms with van der Waals surface area (Å²) in [7, 11) is 2.17. The van der Waals surface area contributed by atoms with Crippen LogP contribution in [0.4, 0.5) is 0 Å². The lowest BCUT2D eigenvalue weighted by atomic mass is 10.0. The highest BCUT2D eigenvalue weighted by atomic mass is 32.4. The van der Waals surface area contributed by atoms with Crippen molar-refractivity contribution in [2.24, 2.45) is 7.05 Å². The molecule has 31 heavy (non-hydrogen) atoms. The van der Waals surface area contributed by atoms with Gasteiger partial charge in [0.15, 0.2) is 0 Å². The fourth-order valence-corrected chi connectivity index (χ4v) is 8.91. The van der Waals surface area contributed by atoms with Crippen LogP contribution in [0.25, 0.3) is 22.0 Å². The van der Waals surface area contributed by atoms with E-state index in [1.165, 1.54) is 43.6 Å². The lowest BCUT2D eigenvalue weighted by molar-refractivity contribution is 1.00. The van der Waals surface area contributed by atoms with Gasteiger partial charge in [0.1, 0.15) is 0 Å². The molecule has 0 fully saturated rings. The molecule has 3 heteroatoms. The molecule has 0 saturated carbocycles. The molecule has 0 aliphatic carbocycles. The van der Waals surface area contributed by atoms with Crippen molar-refractivity contribution in [1.82, 2.24) is 4.57 Å². The first kappa shape index (κ1) is 20.0. The number of hydrogen-bond donors (Lipinski definition) is 0. The lowest BCUT2D eigenvalue weighted by Gasteiger charge is -2.26. The van der Waals surface area contributed by atoms with E-state index in [9.17, 15) is 0 Å². The number of hydrogen-bond acceptors (Lipinski definition) is 1. The Morgan fingerprint density at radius 3 is 1.74 bits per heavy atom. The van der Waals surface area contributed by atoms with Gasteiger partial charge >= 0.3 is 0 Å². The SMILES string of the molecule is Cc1ccc2c(c1)c(-c1ccccc1)c(P(=S)(c1ccccc1)c1ccccc1)n2C.